The van der Waals surface area contributed by atoms with Gasteiger partial charge in [-0.3, -0.25) is 0 Å². The number of hydrogen-bond acceptors (Lipinski definition) is 3. The van der Waals surface area contributed by atoms with E-state index in [0.29, 0.717) is 0 Å². The van der Waals surface area contributed by atoms with Crippen LogP contribution >= 0.6 is 34.2 Å². The minimum Gasteiger partial charge on any atom is -0.390 e. The maximum atomic E-state index is 11.2. The lowest BCUT2D eigenvalue weighted by Gasteiger charge is -2.22. The molecule has 0 unspecified atom stereocenters. The van der Waals surface area contributed by atoms with Crippen molar-refractivity contribution in [2.75, 3.05) is 5.75 Å². The van der Waals surface area contributed by atoms with Crippen LogP contribution in [0.5, 0.6) is 0 Å². The molecule has 6 heteroatoms. The van der Waals surface area contributed by atoms with E-state index in [2.05, 4.69) is 0 Å². The molecule has 1 N–H and O–H groups in total. The molecule has 0 fully saturated rings. The molecule has 0 aliphatic carbocycles. The summed E-state index contributed by atoms with van der Waals surface area (Å²) in [5.41, 5.74) is 0. The van der Waals surface area contributed by atoms with Gasteiger partial charge in [-0.15, -0.1) is 0 Å². The zero-order valence-electron chi connectivity index (χ0n) is 6.21. The van der Waals surface area contributed by atoms with E-state index in [0.717, 1.165) is 0 Å². The van der Waals surface area contributed by atoms with Gasteiger partial charge in [-0.2, -0.15) is 0 Å². The van der Waals surface area contributed by atoms with Crippen molar-refractivity contribution in [3.8, 4) is 0 Å². The Hall–Kier alpha value is 0.930. The molecule has 0 saturated heterocycles. The van der Waals surface area contributed by atoms with Gasteiger partial charge in [-0.25, -0.2) is 8.42 Å². The van der Waals surface area contributed by atoms with Crippen LogP contribution in [0.15, 0.2) is 0 Å². The fourth-order valence-electron chi connectivity index (χ4n) is 0.452. The van der Waals surface area contributed by atoms with Gasteiger partial charge >= 0.3 is 0 Å². The fraction of sp³-hybridized carbons (Fsp3) is 1.00. The topological polar surface area (TPSA) is 54.4 Å². The Morgan fingerprint density at radius 2 is 2.09 bits per heavy atom. The smallest absolute Gasteiger partial charge is 0.220 e. The van der Waals surface area contributed by atoms with Crippen LogP contribution in [0.2, 0.25) is 0 Å². The second-order valence-corrected chi connectivity index (χ2v) is 8.48. The molecule has 68 valence electrons. The van der Waals surface area contributed by atoms with Crippen LogP contribution in [0, 0.1) is 0 Å². The minimum atomic E-state index is -3.39. The largest absolute Gasteiger partial charge is 0.390 e. The maximum Gasteiger partial charge on any atom is 0.220 e. The summed E-state index contributed by atoms with van der Waals surface area (Å²) in [6.07, 6.45) is -1.07. The Morgan fingerprint density at radius 3 is 2.18 bits per heavy atom. The number of aliphatic hydroxyl groups excluding tert-OH is 1. The molecule has 0 heterocycles. The lowest BCUT2D eigenvalue weighted by atomic mass is 10.5. The zero-order chi connectivity index (χ0) is 9.28. The third-order valence-electron chi connectivity index (χ3n) is 1.28. The molecule has 0 bridgehead atoms. The van der Waals surface area contributed by atoms with E-state index in [1.54, 1.807) is 0 Å². The molecule has 0 radical (unpaired) electrons. The van der Waals surface area contributed by atoms with Gasteiger partial charge in [0.25, 0.3) is 0 Å². The predicted molar refractivity (Wildman–Crippen MR) is 53.7 cm³/mol. The van der Waals surface area contributed by atoms with Crippen molar-refractivity contribution in [2.24, 2.45) is 0 Å². The van der Waals surface area contributed by atoms with E-state index < -0.39 is 18.2 Å². The Balaban J connectivity index is 4.85. The Morgan fingerprint density at radius 1 is 1.73 bits per heavy atom. The fourth-order valence-corrected chi connectivity index (χ4v) is 2.62. The van der Waals surface area contributed by atoms with E-state index >= 15 is 0 Å². The van der Waals surface area contributed by atoms with Gasteiger partial charge in [0, 0.05) is 0 Å². The van der Waals surface area contributed by atoms with Crippen LogP contribution in [0.3, 0.4) is 0 Å². The Bertz CT molecular complexity index is 222. The van der Waals surface area contributed by atoms with Gasteiger partial charge < -0.3 is 5.11 Å². The van der Waals surface area contributed by atoms with Gasteiger partial charge in [0.15, 0.2) is 9.84 Å². The molecule has 2 atom stereocenters. The first-order chi connectivity index (χ1) is 4.75. The minimum absolute atomic E-state index is 0.0651. The second-order valence-electron chi connectivity index (χ2n) is 2.14. The van der Waals surface area contributed by atoms with Crippen molar-refractivity contribution >= 4 is 44.0 Å². The molecule has 0 aromatic carbocycles. The third-order valence-corrected chi connectivity index (χ3v) is 7.15. The molecule has 0 saturated carbocycles. The number of hydrogen-bond donors (Lipinski definition) is 1. The van der Waals surface area contributed by atoms with Crippen molar-refractivity contribution in [1.29, 1.82) is 0 Å². The summed E-state index contributed by atoms with van der Waals surface area (Å²) in [6.45, 7) is 2.85. The van der Waals surface area contributed by atoms with Crippen LogP contribution < -0.4 is 0 Å². The Labute approximate surface area is 85.2 Å². The van der Waals surface area contributed by atoms with Crippen molar-refractivity contribution in [3.63, 3.8) is 0 Å². The van der Waals surface area contributed by atoms with Crippen molar-refractivity contribution in [1.82, 2.24) is 0 Å². The number of halogens is 2. The highest BCUT2D eigenvalue weighted by atomic mass is 127. The predicted octanol–water partition coefficient (Wildman–Crippen LogP) is 1.13. The summed E-state index contributed by atoms with van der Waals surface area (Å²) < 4.78 is 20.7. The molecule has 0 amide bonds. The number of aliphatic hydroxyl groups is 1. The van der Waals surface area contributed by atoms with Crippen molar-refractivity contribution in [3.05, 3.63) is 0 Å². The van der Waals surface area contributed by atoms with Crippen LogP contribution in [-0.2, 0) is 9.84 Å². The molecular formula is C5H10ClIO3S. The number of sulfone groups is 1. The summed E-state index contributed by atoms with van der Waals surface area (Å²) in [5.74, 6) is -0.0651. The monoisotopic (exact) mass is 312 g/mol. The molecule has 0 spiro atoms. The van der Waals surface area contributed by atoms with Crippen LogP contribution in [0.25, 0.3) is 0 Å². The number of alkyl halides is 2. The van der Waals surface area contributed by atoms with E-state index in [-0.39, 0.29) is 5.75 Å². The average Bonchev–Trinajstić information content (AvgIpc) is 1.87. The summed E-state index contributed by atoms with van der Waals surface area (Å²) in [5, 5.41) is 9.03. The lowest BCUT2D eigenvalue weighted by molar-refractivity contribution is 0.204. The maximum absolute atomic E-state index is 11.2. The normalized spacial score (nSPS) is 20.8. The van der Waals surface area contributed by atoms with Crippen LogP contribution in [0.4, 0.5) is 0 Å². The van der Waals surface area contributed by atoms with Crippen LogP contribution in [-0.4, -0.2) is 27.6 Å². The molecule has 0 aromatic heterocycles. The molecule has 0 aromatic rings. The SMILES string of the molecule is CCS(=O)(=O)[C@@](Cl)(I)[C@@H](C)O. The molecular weight excluding hydrogens is 302 g/mol. The van der Waals surface area contributed by atoms with E-state index in [1.165, 1.54) is 36.4 Å². The highest BCUT2D eigenvalue weighted by Crippen LogP contribution is 2.35. The van der Waals surface area contributed by atoms with Crippen molar-refractivity contribution < 1.29 is 13.5 Å². The highest BCUT2D eigenvalue weighted by Gasteiger charge is 2.42. The Kier molecular flexibility index (Phi) is 4.08. The van der Waals surface area contributed by atoms with E-state index in [1.807, 2.05) is 0 Å². The molecule has 11 heavy (non-hydrogen) atoms. The van der Waals surface area contributed by atoms with E-state index in [9.17, 15) is 8.42 Å². The lowest BCUT2D eigenvalue weighted by Crippen LogP contribution is -2.37. The van der Waals surface area contributed by atoms with Gasteiger partial charge in [0.05, 0.1) is 11.9 Å². The third kappa shape index (κ3) is 2.43. The van der Waals surface area contributed by atoms with Crippen molar-refractivity contribution in [2.45, 2.75) is 22.2 Å². The van der Waals surface area contributed by atoms with E-state index in [4.69, 9.17) is 16.7 Å². The standard InChI is InChI=1S/C5H10ClIO3S/c1-3-11(9,10)5(6,7)4(2)8/h4,8H,3H2,1-2H3/t4-,5+/m1/s1. The van der Waals surface area contributed by atoms with Gasteiger partial charge in [-0.1, -0.05) is 18.5 Å². The quantitative estimate of drug-likeness (QED) is 0.628. The summed E-state index contributed by atoms with van der Waals surface area (Å²) in [4.78, 5) is 0. The van der Waals surface area contributed by atoms with Gasteiger partial charge in [-0.05, 0) is 29.5 Å². The zero-order valence-corrected chi connectivity index (χ0v) is 9.94. The second kappa shape index (κ2) is 3.76. The first-order valence-corrected chi connectivity index (χ1v) is 6.14. The van der Waals surface area contributed by atoms with Gasteiger partial charge in [0.1, 0.15) is 0 Å². The summed E-state index contributed by atoms with van der Waals surface area (Å²) >= 11 is 7.15. The van der Waals surface area contributed by atoms with Crippen LogP contribution in [0.1, 0.15) is 13.8 Å². The summed E-state index contributed by atoms with van der Waals surface area (Å²) in [6, 6.07) is 0. The first-order valence-electron chi connectivity index (χ1n) is 3.04. The molecule has 0 aliphatic heterocycles. The molecule has 0 aliphatic rings. The van der Waals surface area contributed by atoms with Gasteiger partial charge in [0.2, 0.25) is 2.21 Å². The first kappa shape index (κ1) is 11.9. The summed E-state index contributed by atoms with van der Waals surface area (Å²) in [7, 11) is -3.39. The highest BCUT2D eigenvalue weighted by molar-refractivity contribution is 14.1. The molecule has 0 rings (SSSR count). The number of rotatable bonds is 3. The molecule has 3 nitrogen and oxygen atoms in total. The average molecular weight is 313 g/mol.